The molecular weight excluding hydrogens is 312 g/mol. The highest BCUT2D eigenvalue weighted by Crippen LogP contribution is 2.25. The molecule has 3 heterocycles. The minimum absolute atomic E-state index is 0.0796. The number of fused-ring (bicyclic) bond motifs is 1. The average Bonchev–Trinajstić information content (AvgIpc) is 3.25. The van der Waals surface area contributed by atoms with Gasteiger partial charge in [0.2, 0.25) is 0 Å². The van der Waals surface area contributed by atoms with Crippen molar-refractivity contribution in [1.29, 1.82) is 0 Å². The van der Waals surface area contributed by atoms with Crippen LogP contribution in [0.3, 0.4) is 0 Å². The van der Waals surface area contributed by atoms with Gasteiger partial charge in [-0.05, 0) is 30.5 Å². The molecule has 0 spiro atoms. The van der Waals surface area contributed by atoms with Crippen molar-refractivity contribution in [3.63, 3.8) is 0 Å². The Morgan fingerprint density at radius 2 is 2.00 bits per heavy atom. The van der Waals surface area contributed by atoms with Crippen molar-refractivity contribution in [3.8, 4) is 0 Å². The Morgan fingerprint density at radius 1 is 1.17 bits per heavy atom. The van der Waals surface area contributed by atoms with Crippen LogP contribution in [0.2, 0.25) is 5.02 Å². The number of hydrogen-bond donors (Lipinski definition) is 0. The summed E-state index contributed by atoms with van der Waals surface area (Å²) in [6.07, 6.45) is 3.82. The standard InChI is InChI=1S/C18H17ClN2O2/c19-14-5-3-4-13(10-14)12-21-15-6-9-23-17(15)11-16(21)18(22)20-7-1-2-8-20/h3-6,9-11H,1-2,7-8,12H2. The lowest BCUT2D eigenvalue weighted by atomic mass is 10.2. The smallest absolute Gasteiger partial charge is 0.270 e. The van der Waals surface area contributed by atoms with Crippen molar-refractivity contribution < 1.29 is 9.21 Å². The van der Waals surface area contributed by atoms with Gasteiger partial charge in [-0.3, -0.25) is 4.79 Å². The molecule has 0 unspecified atom stereocenters. The maximum absolute atomic E-state index is 12.8. The highest BCUT2D eigenvalue weighted by molar-refractivity contribution is 6.30. The number of nitrogens with zero attached hydrogens (tertiary/aromatic N) is 2. The van der Waals surface area contributed by atoms with E-state index in [1.54, 1.807) is 6.26 Å². The van der Waals surface area contributed by atoms with Gasteiger partial charge < -0.3 is 13.9 Å². The first-order valence-corrected chi connectivity index (χ1v) is 8.20. The molecule has 3 aromatic rings. The fraction of sp³-hybridized carbons (Fsp3) is 0.278. The Bertz CT molecular complexity index is 859. The molecule has 0 N–H and O–H groups in total. The van der Waals surface area contributed by atoms with E-state index in [-0.39, 0.29) is 5.91 Å². The molecule has 1 fully saturated rings. The summed E-state index contributed by atoms with van der Waals surface area (Å²) in [5.41, 5.74) is 3.43. The first-order valence-electron chi connectivity index (χ1n) is 7.83. The molecule has 23 heavy (non-hydrogen) atoms. The Labute approximate surface area is 139 Å². The number of rotatable bonds is 3. The fourth-order valence-electron chi connectivity index (χ4n) is 3.22. The average molecular weight is 329 g/mol. The molecule has 0 aliphatic carbocycles. The van der Waals surface area contributed by atoms with Gasteiger partial charge in [0.25, 0.3) is 5.91 Å². The summed E-state index contributed by atoms with van der Waals surface area (Å²) in [6, 6.07) is 11.5. The predicted octanol–water partition coefficient (Wildman–Crippen LogP) is 4.17. The van der Waals surface area contributed by atoms with E-state index in [2.05, 4.69) is 0 Å². The van der Waals surface area contributed by atoms with Gasteiger partial charge >= 0.3 is 0 Å². The van der Waals surface area contributed by atoms with Crippen molar-refractivity contribution in [1.82, 2.24) is 9.47 Å². The Balaban J connectivity index is 1.75. The van der Waals surface area contributed by atoms with Crippen LogP contribution in [0.5, 0.6) is 0 Å². The van der Waals surface area contributed by atoms with Gasteiger partial charge in [0.15, 0.2) is 5.58 Å². The van der Waals surface area contributed by atoms with Crippen LogP contribution in [0.1, 0.15) is 28.9 Å². The van der Waals surface area contributed by atoms with Gasteiger partial charge in [0.1, 0.15) is 5.69 Å². The van der Waals surface area contributed by atoms with Gasteiger partial charge in [0.05, 0.1) is 11.8 Å². The van der Waals surface area contributed by atoms with Crippen molar-refractivity contribution in [2.24, 2.45) is 0 Å². The van der Waals surface area contributed by atoms with Crippen LogP contribution in [-0.4, -0.2) is 28.5 Å². The van der Waals surface area contributed by atoms with Crippen LogP contribution < -0.4 is 0 Å². The first kappa shape index (κ1) is 14.4. The van der Waals surface area contributed by atoms with Crippen molar-refractivity contribution in [2.75, 3.05) is 13.1 Å². The van der Waals surface area contributed by atoms with E-state index in [1.807, 2.05) is 45.9 Å². The Kier molecular flexibility index (Phi) is 3.62. The first-order chi connectivity index (χ1) is 11.2. The predicted molar refractivity (Wildman–Crippen MR) is 89.9 cm³/mol. The summed E-state index contributed by atoms with van der Waals surface area (Å²) in [7, 11) is 0. The maximum Gasteiger partial charge on any atom is 0.270 e. The molecule has 1 aliphatic heterocycles. The number of benzene rings is 1. The summed E-state index contributed by atoms with van der Waals surface area (Å²) in [6.45, 7) is 2.27. The minimum Gasteiger partial charge on any atom is -0.463 e. The number of carbonyl (C=O) groups excluding carboxylic acids is 1. The van der Waals surface area contributed by atoms with Gasteiger partial charge in [-0.2, -0.15) is 0 Å². The van der Waals surface area contributed by atoms with Gasteiger partial charge in [0, 0.05) is 36.8 Å². The minimum atomic E-state index is 0.0796. The Hall–Kier alpha value is -2.20. The molecule has 0 bridgehead atoms. The Morgan fingerprint density at radius 3 is 2.78 bits per heavy atom. The summed E-state index contributed by atoms with van der Waals surface area (Å²) in [5.74, 6) is 0.0796. The van der Waals surface area contributed by atoms with E-state index in [9.17, 15) is 4.79 Å². The molecule has 4 rings (SSSR count). The molecule has 118 valence electrons. The second kappa shape index (κ2) is 5.78. The second-order valence-corrected chi connectivity index (χ2v) is 6.35. The molecule has 5 heteroatoms. The SMILES string of the molecule is O=C(c1cc2occc2n1Cc1cccc(Cl)c1)N1CCCC1. The number of carbonyl (C=O) groups is 1. The largest absolute Gasteiger partial charge is 0.463 e. The molecule has 0 radical (unpaired) electrons. The number of aromatic nitrogens is 1. The van der Waals surface area contributed by atoms with Crippen LogP contribution >= 0.6 is 11.6 Å². The van der Waals surface area contributed by atoms with Crippen LogP contribution in [0.4, 0.5) is 0 Å². The fourth-order valence-corrected chi connectivity index (χ4v) is 3.44. The monoisotopic (exact) mass is 328 g/mol. The molecule has 1 aromatic carbocycles. The number of halogens is 1. The third-order valence-electron chi connectivity index (χ3n) is 4.36. The number of hydrogen-bond acceptors (Lipinski definition) is 2. The van der Waals surface area contributed by atoms with Crippen molar-refractivity contribution in [3.05, 3.63) is 58.9 Å². The van der Waals surface area contributed by atoms with Gasteiger partial charge in [-0.1, -0.05) is 23.7 Å². The molecule has 1 aliphatic rings. The highest BCUT2D eigenvalue weighted by Gasteiger charge is 2.24. The summed E-state index contributed by atoms with van der Waals surface area (Å²) >= 11 is 6.09. The van der Waals surface area contributed by atoms with E-state index in [1.165, 1.54) is 0 Å². The van der Waals surface area contributed by atoms with Crippen LogP contribution in [0.15, 0.2) is 47.1 Å². The van der Waals surface area contributed by atoms with Crippen molar-refractivity contribution in [2.45, 2.75) is 19.4 Å². The topological polar surface area (TPSA) is 38.4 Å². The van der Waals surface area contributed by atoms with E-state index in [4.69, 9.17) is 16.0 Å². The molecule has 1 saturated heterocycles. The van der Waals surface area contributed by atoms with Crippen LogP contribution in [0.25, 0.3) is 11.1 Å². The lowest BCUT2D eigenvalue weighted by Crippen LogP contribution is -2.29. The molecule has 2 aromatic heterocycles. The van der Waals surface area contributed by atoms with Gasteiger partial charge in [-0.15, -0.1) is 0 Å². The molecule has 0 atom stereocenters. The normalized spacial score (nSPS) is 14.7. The quantitative estimate of drug-likeness (QED) is 0.723. The zero-order valence-electron chi connectivity index (χ0n) is 12.7. The summed E-state index contributed by atoms with van der Waals surface area (Å²) < 4.78 is 7.51. The highest BCUT2D eigenvalue weighted by atomic mass is 35.5. The summed E-state index contributed by atoms with van der Waals surface area (Å²) in [5, 5.41) is 0.700. The van der Waals surface area contributed by atoms with E-state index in [0.717, 1.165) is 42.6 Å². The third-order valence-corrected chi connectivity index (χ3v) is 4.60. The van der Waals surface area contributed by atoms with E-state index >= 15 is 0 Å². The molecule has 1 amide bonds. The zero-order valence-corrected chi connectivity index (χ0v) is 13.4. The third kappa shape index (κ3) is 2.63. The van der Waals surface area contributed by atoms with E-state index < -0.39 is 0 Å². The van der Waals surface area contributed by atoms with Gasteiger partial charge in [-0.25, -0.2) is 0 Å². The second-order valence-electron chi connectivity index (χ2n) is 5.92. The van der Waals surface area contributed by atoms with Crippen molar-refractivity contribution >= 4 is 28.6 Å². The number of likely N-dealkylation sites (tertiary alicyclic amines) is 1. The molecular formula is C18H17ClN2O2. The van der Waals surface area contributed by atoms with E-state index in [0.29, 0.717) is 17.3 Å². The molecule has 0 saturated carbocycles. The lowest BCUT2D eigenvalue weighted by Gasteiger charge is -2.17. The lowest BCUT2D eigenvalue weighted by molar-refractivity contribution is 0.0783. The number of furan rings is 1. The summed E-state index contributed by atoms with van der Waals surface area (Å²) in [4.78, 5) is 14.7. The van der Waals surface area contributed by atoms with Crippen LogP contribution in [-0.2, 0) is 6.54 Å². The maximum atomic E-state index is 12.8. The molecule has 4 nitrogen and oxygen atoms in total. The number of amides is 1. The van der Waals surface area contributed by atoms with Crippen LogP contribution in [0, 0.1) is 0 Å². The zero-order chi connectivity index (χ0) is 15.8.